The van der Waals surface area contributed by atoms with Crippen molar-refractivity contribution < 1.29 is 18.7 Å². The molecule has 2 aliphatic heterocycles. The van der Waals surface area contributed by atoms with E-state index in [1.807, 2.05) is 6.07 Å². The van der Waals surface area contributed by atoms with E-state index in [0.717, 1.165) is 56.3 Å². The van der Waals surface area contributed by atoms with Crippen LogP contribution in [0.5, 0.6) is 0 Å². The molecule has 1 spiro atoms. The summed E-state index contributed by atoms with van der Waals surface area (Å²) in [6.45, 7) is 1.98. The fourth-order valence-corrected chi connectivity index (χ4v) is 4.32. The van der Waals surface area contributed by atoms with Gasteiger partial charge in [0.15, 0.2) is 0 Å². The predicted molar refractivity (Wildman–Crippen MR) is 90.9 cm³/mol. The number of rotatable bonds is 2. The van der Waals surface area contributed by atoms with Gasteiger partial charge in [-0.15, -0.1) is 0 Å². The molecule has 1 aromatic rings. The van der Waals surface area contributed by atoms with Crippen molar-refractivity contribution in [3.05, 3.63) is 35.1 Å². The van der Waals surface area contributed by atoms with Gasteiger partial charge in [-0.05, 0) is 55.4 Å². The summed E-state index contributed by atoms with van der Waals surface area (Å²) in [7, 11) is 0. The van der Waals surface area contributed by atoms with E-state index in [0.29, 0.717) is 13.2 Å². The lowest BCUT2D eigenvalue weighted by molar-refractivity contribution is -0.0878. The molecular weight excluding hydrogens is 323 g/mol. The fraction of sp³-hybridized carbons (Fsp3) is 0.632. The van der Waals surface area contributed by atoms with Crippen molar-refractivity contribution in [2.45, 2.75) is 56.2 Å². The van der Waals surface area contributed by atoms with Crippen LogP contribution in [-0.2, 0) is 15.9 Å². The number of hydrogen-bond acceptors (Lipinski definition) is 3. The van der Waals surface area contributed by atoms with Gasteiger partial charge in [0.05, 0.1) is 18.2 Å². The zero-order valence-electron chi connectivity index (χ0n) is 14.4. The van der Waals surface area contributed by atoms with Crippen LogP contribution in [0.25, 0.3) is 0 Å². The van der Waals surface area contributed by atoms with Gasteiger partial charge in [-0.1, -0.05) is 6.07 Å². The van der Waals surface area contributed by atoms with E-state index < -0.39 is 0 Å². The standard InChI is InChI=1S/C19H25FN2O3/c20-14-5-4-13-2-1-3-17(16(13)10-14)22-18(23)21-15-6-8-25-19(11-15)7-9-24-12-19/h4-5,10,15,17H,1-3,6-9,11-12H2,(H2,21,22,23)/t15-,17-,19-/m0/s1. The number of aryl methyl sites for hydroxylation is 1. The summed E-state index contributed by atoms with van der Waals surface area (Å²) in [5.41, 5.74) is 1.82. The van der Waals surface area contributed by atoms with Crippen molar-refractivity contribution in [3.8, 4) is 0 Å². The van der Waals surface area contributed by atoms with Crippen molar-refractivity contribution in [2.24, 2.45) is 0 Å². The molecule has 6 heteroatoms. The molecule has 0 saturated carbocycles. The third-order valence-corrected chi connectivity index (χ3v) is 5.62. The van der Waals surface area contributed by atoms with Gasteiger partial charge in [0.25, 0.3) is 0 Å². The summed E-state index contributed by atoms with van der Waals surface area (Å²) in [4.78, 5) is 12.5. The lowest BCUT2D eigenvalue weighted by Crippen LogP contribution is -2.51. The maximum atomic E-state index is 13.6. The Balaban J connectivity index is 1.37. The fourth-order valence-electron chi connectivity index (χ4n) is 4.32. The first-order valence-electron chi connectivity index (χ1n) is 9.21. The molecule has 1 aromatic carbocycles. The van der Waals surface area contributed by atoms with Crippen LogP contribution in [0.2, 0.25) is 0 Å². The Bertz CT molecular complexity index is 646. The van der Waals surface area contributed by atoms with Crippen molar-refractivity contribution in [1.82, 2.24) is 10.6 Å². The first-order chi connectivity index (χ1) is 12.1. The quantitative estimate of drug-likeness (QED) is 0.864. The number of hydrogen-bond donors (Lipinski definition) is 2. The van der Waals surface area contributed by atoms with E-state index in [1.165, 1.54) is 6.07 Å². The number of halogens is 1. The highest BCUT2D eigenvalue weighted by atomic mass is 19.1. The van der Waals surface area contributed by atoms with Crippen LogP contribution in [0.3, 0.4) is 0 Å². The molecule has 1 aliphatic carbocycles. The molecule has 0 unspecified atom stereocenters. The third kappa shape index (κ3) is 3.65. The van der Waals surface area contributed by atoms with Crippen LogP contribution in [0.4, 0.5) is 9.18 Å². The predicted octanol–water partition coefficient (Wildman–Crippen LogP) is 2.84. The lowest BCUT2D eigenvalue weighted by atomic mass is 9.87. The maximum Gasteiger partial charge on any atom is 0.315 e. The highest BCUT2D eigenvalue weighted by Gasteiger charge is 2.41. The minimum atomic E-state index is -0.250. The smallest absolute Gasteiger partial charge is 0.315 e. The zero-order valence-corrected chi connectivity index (χ0v) is 14.4. The van der Waals surface area contributed by atoms with E-state index in [-0.39, 0.29) is 29.5 Å². The zero-order chi connectivity index (χ0) is 17.3. The van der Waals surface area contributed by atoms with Crippen molar-refractivity contribution in [2.75, 3.05) is 19.8 Å². The Hall–Kier alpha value is -1.66. The average Bonchev–Trinajstić information content (AvgIpc) is 3.03. The Morgan fingerprint density at radius 2 is 2.16 bits per heavy atom. The van der Waals surface area contributed by atoms with Crippen LogP contribution in [-0.4, -0.2) is 37.5 Å². The SMILES string of the molecule is O=C(N[C@H]1CCO[C@@]2(CCOC2)C1)N[C@H]1CCCc2ccc(F)cc21. The van der Waals surface area contributed by atoms with Gasteiger partial charge in [-0.2, -0.15) is 0 Å². The second-order valence-corrected chi connectivity index (χ2v) is 7.43. The van der Waals surface area contributed by atoms with Crippen molar-refractivity contribution in [1.29, 1.82) is 0 Å². The molecule has 25 heavy (non-hydrogen) atoms. The van der Waals surface area contributed by atoms with E-state index in [1.54, 1.807) is 6.07 Å². The van der Waals surface area contributed by atoms with Crippen LogP contribution in [0, 0.1) is 5.82 Å². The highest BCUT2D eigenvalue weighted by molar-refractivity contribution is 5.75. The average molecular weight is 348 g/mol. The number of amides is 2. The first-order valence-corrected chi connectivity index (χ1v) is 9.21. The molecule has 0 aromatic heterocycles. The first kappa shape index (κ1) is 16.8. The molecule has 3 atom stereocenters. The molecule has 0 radical (unpaired) electrons. The second-order valence-electron chi connectivity index (χ2n) is 7.43. The van der Waals surface area contributed by atoms with E-state index in [4.69, 9.17) is 9.47 Å². The van der Waals surface area contributed by atoms with Crippen LogP contribution >= 0.6 is 0 Å². The number of nitrogens with one attached hydrogen (secondary N) is 2. The number of carbonyl (C=O) groups excluding carboxylic acids is 1. The van der Waals surface area contributed by atoms with Gasteiger partial charge in [0.1, 0.15) is 5.82 Å². The lowest BCUT2D eigenvalue weighted by Gasteiger charge is -2.37. The number of carbonyl (C=O) groups is 1. The molecule has 2 N–H and O–H groups in total. The van der Waals surface area contributed by atoms with Crippen molar-refractivity contribution >= 4 is 6.03 Å². The normalized spacial score (nSPS) is 31.6. The minimum Gasteiger partial charge on any atom is -0.378 e. The number of urea groups is 1. The molecular formula is C19H25FN2O3. The second kappa shape index (κ2) is 6.92. The third-order valence-electron chi connectivity index (χ3n) is 5.62. The van der Waals surface area contributed by atoms with Crippen LogP contribution in [0.1, 0.15) is 49.3 Å². The Kier molecular flexibility index (Phi) is 4.65. The van der Waals surface area contributed by atoms with E-state index in [9.17, 15) is 9.18 Å². The number of ether oxygens (including phenoxy) is 2. The van der Waals surface area contributed by atoms with Gasteiger partial charge in [-0.3, -0.25) is 0 Å². The molecule has 2 heterocycles. The van der Waals surface area contributed by atoms with Gasteiger partial charge in [0, 0.05) is 25.7 Å². The molecule has 136 valence electrons. The molecule has 2 saturated heterocycles. The van der Waals surface area contributed by atoms with Gasteiger partial charge < -0.3 is 20.1 Å². The maximum absolute atomic E-state index is 13.6. The molecule has 2 fully saturated rings. The Morgan fingerprint density at radius 1 is 1.24 bits per heavy atom. The monoisotopic (exact) mass is 348 g/mol. The van der Waals surface area contributed by atoms with Crippen LogP contribution < -0.4 is 10.6 Å². The highest BCUT2D eigenvalue weighted by Crippen LogP contribution is 2.33. The molecule has 4 rings (SSSR count). The topological polar surface area (TPSA) is 59.6 Å². The minimum absolute atomic E-state index is 0.0889. The van der Waals surface area contributed by atoms with E-state index >= 15 is 0 Å². The van der Waals surface area contributed by atoms with Gasteiger partial charge in [-0.25, -0.2) is 9.18 Å². The van der Waals surface area contributed by atoms with Gasteiger partial charge in [0.2, 0.25) is 0 Å². The summed E-state index contributed by atoms with van der Waals surface area (Å²) >= 11 is 0. The van der Waals surface area contributed by atoms with Crippen molar-refractivity contribution in [3.63, 3.8) is 0 Å². The number of fused-ring (bicyclic) bond motifs is 1. The van der Waals surface area contributed by atoms with E-state index in [2.05, 4.69) is 10.6 Å². The Morgan fingerprint density at radius 3 is 3.00 bits per heavy atom. The molecule has 2 amide bonds. The summed E-state index contributed by atoms with van der Waals surface area (Å²) in [6, 6.07) is 4.67. The summed E-state index contributed by atoms with van der Waals surface area (Å²) in [5.74, 6) is -0.250. The summed E-state index contributed by atoms with van der Waals surface area (Å²) in [5, 5.41) is 6.12. The molecule has 0 bridgehead atoms. The Labute approximate surface area is 147 Å². The molecule has 3 aliphatic rings. The number of benzene rings is 1. The molecule has 5 nitrogen and oxygen atoms in total. The van der Waals surface area contributed by atoms with Gasteiger partial charge >= 0.3 is 6.03 Å². The largest absolute Gasteiger partial charge is 0.378 e. The summed E-state index contributed by atoms with van der Waals surface area (Å²) in [6.07, 6.45) is 5.28. The van der Waals surface area contributed by atoms with Crippen LogP contribution in [0.15, 0.2) is 18.2 Å². The summed E-state index contributed by atoms with van der Waals surface area (Å²) < 4.78 is 25.0.